The zero-order valence-electron chi connectivity index (χ0n) is 14.3. The first-order chi connectivity index (χ1) is 9.72. The van der Waals surface area contributed by atoms with Crippen LogP contribution in [0.5, 0.6) is 0 Å². The van der Waals surface area contributed by atoms with Crippen LogP contribution in [0.25, 0.3) is 0 Å². The lowest BCUT2D eigenvalue weighted by molar-refractivity contribution is -0.137. The molecule has 0 saturated carbocycles. The van der Waals surface area contributed by atoms with Gasteiger partial charge in [-0.1, -0.05) is 65.2 Å². The van der Waals surface area contributed by atoms with Gasteiger partial charge < -0.3 is 9.64 Å². The summed E-state index contributed by atoms with van der Waals surface area (Å²) in [5.41, 5.74) is 0.618. The van der Waals surface area contributed by atoms with Crippen molar-refractivity contribution in [1.82, 2.24) is 4.90 Å². The zero-order valence-corrected chi connectivity index (χ0v) is 14.3. The maximum Gasteiger partial charge on any atom is 0.0545 e. The molecule has 0 aromatic heterocycles. The third kappa shape index (κ3) is 7.08. The van der Waals surface area contributed by atoms with Crippen molar-refractivity contribution in [2.75, 3.05) is 33.4 Å². The number of ether oxygens (including phenoxy) is 1. The number of likely N-dealkylation sites (tertiary alicyclic amines) is 1. The predicted octanol–water partition coefficient (Wildman–Crippen LogP) is 4.88. The SMILES string of the molecule is CCCCCCCCCC.CN1CCC2(CC1)COC2. The fourth-order valence-electron chi connectivity index (χ4n) is 2.98. The van der Waals surface area contributed by atoms with Crippen molar-refractivity contribution in [3.05, 3.63) is 0 Å². The van der Waals surface area contributed by atoms with E-state index >= 15 is 0 Å². The second-order valence-corrected chi connectivity index (χ2v) is 6.92. The lowest BCUT2D eigenvalue weighted by Gasteiger charge is -2.46. The Labute approximate surface area is 127 Å². The van der Waals surface area contributed by atoms with E-state index in [0.717, 1.165) is 13.2 Å². The van der Waals surface area contributed by atoms with Crippen LogP contribution in [-0.2, 0) is 4.74 Å². The van der Waals surface area contributed by atoms with Crippen molar-refractivity contribution < 1.29 is 4.74 Å². The van der Waals surface area contributed by atoms with E-state index in [1.54, 1.807) is 0 Å². The third-order valence-corrected chi connectivity index (χ3v) is 4.82. The second-order valence-electron chi connectivity index (χ2n) is 6.92. The molecule has 0 atom stereocenters. The number of nitrogens with zero attached hydrogens (tertiary/aromatic N) is 1. The standard InChI is InChI=1S/C10H22.C8H15NO/c1-3-5-7-9-10-8-6-4-2;1-9-4-2-8(3-5-9)6-10-7-8/h3-10H2,1-2H3;2-7H2,1H3. The van der Waals surface area contributed by atoms with Crippen molar-refractivity contribution in [2.24, 2.45) is 5.41 Å². The van der Waals surface area contributed by atoms with Gasteiger partial charge in [0.25, 0.3) is 0 Å². The topological polar surface area (TPSA) is 12.5 Å². The molecule has 120 valence electrons. The van der Waals surface area contributed by atoms with Crippen LogP contribution in [0.4, 0.5) is 0 Å². The van der Waals surface area contributed by atoms with Gasteiger partial charge in [-0.15, -0.1) is 0 Å². The highest BCUT2D eigenvalue weighted by Gasteiger charge is 2.40. The number of unbranched alkanes of at least 4 members (excludes halogenated alkanes) is 7. The quantitative estimate of drug-likeness (QED) is 0.618. The fraction of sp³-hybridized carbons (Fsp3) is 1.00. The van der Waals surface area contributed by atoms with E-state index < -0.39 is 0 Å². The Bertz CT molecular complexity index is 207. The van der Waals surface area contributed by atoms with Crippen LogP contribution in [0.1, 0.15) is 78.1 Å². The van der Waals surface area contributed by atoms with Crippen LogP contribution in [0, 0.1) is 5.41 Å². The third-order valence-electron chi connectivity index (χ3n) is 4.82. The molecule has 1 spiro atoms. The van der Waals surface area contributed by atoms with Gasteiger partial charge >= 0.3 is 0 Å². The summed E-state index contributed by atoms with van der Waals surface area (Å²) in [6, 6.07) is 0. The van der Waals surface area contributed by atoms with Crippen molar-refractivity contribution >= 4 is 0 Å². The molecule has 2 rings (SSSR count). The predicted molar refractivity (Wildman–Crippen MR) is 88.3 cm³/mol. The Hall–Kier alpha value is -0.0800. The molecule has 0 N–H and O–H groups in total. The van der Waals surface area contributed by atoms with Crippen LogP contribution < -0.4 is 0 Å². The van der Waals surface area contributed by atoms with E-state index in [0.29, 0.717) is 5.41 Å². The monoisotopic (exact) mass is 283 g/mol. The molecular formula is C18H37NO. The molecule has 20 heavy (non-hydrogen) atoms. The van der Waals surface area contributed by atoms with Gasteiger partial charge in [-0.3, -0.25) is 0 Å². The van der Waals surface area contributed by atoms with Gasteiger partial charge in [-0.25, -0.2) is 0 Å². The normalized spacial score (nSPS) is 21.1. The molecule has 0 radical (unpaired) electrons. The number of rotatable bonds is 7. The summed E-state index contributed by atoms with van der Waals surface area (Å²) >= 11 is 0. The lowest BCUT2D eigenvalue weighted by Crippen LogP contribution is -2.49. The Balaban J connectivity index is 0.000000200. The molecule has 0 bridgehead atoms. The van der Waals surface area contributed by atoms with Gasteiger partial charge in [0.05, 0.1) is 13.2 Å². The van der Waals surface area contributed by atoms with E-state index in [9.17, 15) is 0 Å². The highest BCUT2D eigenvalue weighted by atomic mass is 16.5. The average Bonchev–Trinajstić information content (AvgIpc) is 2.43. The van der Waals surface area contributed by atoms with E-state index in [1.807, 2.05) is 0 Å². The largest absolute Gasteiger partial charge is 0.380 e. The minimum atomic E-state index is 0.618. The molecule has 0 amide bonds. The van der Waals surface area contributed by atoms with Crippen LogP contribution in [0.15, 0.2) is 0 Å². The Morgan fingerprint density at radius 1 is 0.800 bits per heavy atom. The Morgan fingerprint density at radius 2 is 1.25 bits per heavy atom. The second kappa shape index (κ2) is 10.6. The van der Waals surface area contributed by atoms with Gasteiger partial charge in [0, 0.05) is 5.41 Å². The van der Waals surface area contributed by atoms with Gasteiger partial charge in [0.2, 0.25) is 0 Å². The first kappa shape index (κ1) is 18.0. The molecule has 2 fully saturated rings. The van der Waals surface area contributed by atoms with Crippen LogP contribution >= 0.6 is 0 Å². The van der Waals surface area contributed by atoms with Crippen LogP contribution in [0.2, 0.25) is 0 Å². The molecule has 2 aliphatic heterocycles. The maximum absolute atomic E-state index is 5.23. The fourth-order valence-corrected chi connectivity index (χ4v) is 2.98. The smallest absolute Gasteiger partial charge is 0.0545 e. The molecular weight excluding hydrogens is 246 g/mol. The molecule has 0 unspecified atom stereocenters. The minimum absolute atomic E-state index is 0.618. The van der Waals surface area contributed by atoms with Gasteiger partial charge in [0.15, 0.2) is 0 Å². The number of piperidine rings is 1. The average molecular weight is 284 g/mol. The first-order valence-electron chi connectivity index (χ1n) is 8.99. The minimum Gasteiger partial charge on any atom is -0.380 e. The van der Waals surface area contributed by atoms with Crippen molar-refractivity contribution in [3.63, 3.8) is 0 Å². The summed E-state index contributed by atoms with van der Waals surface area (Å²) < 4.78 is 5.23. The molecule has 2 aliphatic rings. The summed E-state index contributed by atoms with van der Waals surface area (Å²) in [5, 5.41) is 0. The van der Waals surface area contributed by atoms with E-state index in [1.165, 1.54) is 77.3 Å². The number of hydrogen-bond donors (Lipinski definition) is 0. The molecule has 2 nitrogen and oxygen atoms in total. The first-order valence-corrected chi connectivity index (χ1v) is 8.99. The van der Waals surface area contributed by atoms with E-state index in [2.05, 4.69) is 25.8 Å². The molecule has 2 heteroatoms. The van der Waals surface area contributed by atoms with E-state index in [4.69, 9.17) is 4.74 Å². The molecule has 2 heterocycles. The zero-order chi connectivity index (χ0) is 14.7. The van der Waals surface area contributed by atoms with E-state index in [-0.39, 0.29) is 0 Å². The summed E-state index contributed by atoms with van der Waals surface area (Å²) in [4.78, 5) is 2.41. The van der Waals surface area contributed by atoms with Crippen LogP contribution in [0.3, 0.4) is 0 Å². The maximum atomic E-state index is 5.23. The summed E-state index contributed by atoms with van der Waals surface area (Å²) in [6.07, 6.45) is 14.2. The number of hydrogen-bond acceptors (Lipinski definition) is 2. The molecule has 0 aromatic rings. The van der Waals surface area contributed by atoms with Crippen molar-refractivity contribution in [3.8, 4) is 0 Å². The highest BCUT2D eigenvalue weighted by Crippen LogP contribution is 2.37. The van der Waals surface area contributed by atoms with Crippen molar-refractivity contribution in [2.45, 2.75) is 78.1 Å². The summed E-state index contributed by atoms with van der Waals surface area (Å²) in [6.45, 7) is 9.13. The summed E-state index contributed by atoms with van der Waals surface area (Å²) in [5.74, 6) is 0. The highest BCUT2D eigenvalue weighted by molar-refractivity contribution is 4.89. The Morgan fingerprint density at radius 3 is 1.60 bits per heavy atom. The van der Waals surface area contributed by atoms with Crippen molar-refractivity contribution in [1.29, 1.82) is 0 Å². The Kier molecular flexibility index (Phi) is 9.54. The van der Waals surface area contributed by atoms with Gasteiger partial charge in [-0.2, -0.15) is 0 Å². The molecule has 0 aliphatic carbocycles. The molecule has 0 aromatic carbocycles. The van der Waals surface area contributed by atoms with Gasteiger partial charge in [-0.05, 0) is 33.0 Å². The van der Waals surface area contributed by atoms with Gasteiger partial charge in [0.1, 0.15) is 0 Å². The van der Waals surface area contributed by atoms with Crippen LogP contribution in [-0.4, -0.2) is 38.3 Å². The lowest BCUT2D eigenvalue weighted by atomic mass is 9.77. The molecule has 2 saturated heterocycles. The summed E-state index contributed by atoms with van der Waals surface area (Å²) in [7, 11) is 2.20.